The highest BCUT2D eigenvalue weighted by molar-refractivity contribution is 5.68. The van der Waals surface area contributed by atoms with Crippen LogP contribution in [-0.2, 0) is 4.74 Å². The van der Waals surface area contributed by atoms with Gasteiger partial charge in [0.15, 0.2) is 0 Å². The highest BCUT2D eigenvalue weighted by Crippen LogP contribution is 2.22. The molecule has 1 aliphatic rings. The first-order chi connectivity index (χ1) is 9.67. The quantitative estimate of drug-likeness (QED) is 0.850. The Bertz CT molecular complexity index is 397. The van der Waals surface area contributed by atoms with Crippen LogP contribution in [0.15, 0.2) is 0 Å². The molecule has 0 aromatic carbocycles. The predicted molar refractivity (Wildman–Crippen MR) is 81.9 cm³/mol. The Hall–Kier alpha value is -1.32. The van der Waals surface area contributed by atoms with Gasteiger partial charge in [-0.05, 0) is 47.7 Å². The van der Waals surface area contributed by atoms with Crippen molar-refractivity contribution >= 4 is 6.09 Å². The Morgan fingerprint density at radius 3 is 2.67 bits per heavy atom. The molecule has 6 heteroatoms. The van der Waals surface area contributed by atoms with E-state index >= 15 is 0 Å². The van der Waals surface area contributed by atoms with Crippen molar-refractivity contribution in [2.75, 3.05) is 40.3 Å². The second-order valence-electron chi connectivity index (χ2n) is 6.93. The highest BCUT2D eigenvalue weighted by atomic mass is 16.6. The summed E-state index contributed by atoms with van der Waals surface area (Å²) in [6.45, 7) is 8.16. The van der Waals surface area contributed by atoms with Crippen LogP contribution < -0.4 is 5.32 Å². The van der Waals surface area contributed by atoms with Gasteiger partial charge in [-0.25, -0.2) is 4.79 Å². The van der Waals surface area contributed by atoms with Crippen molar-refractivity contribution < 1.29 is 9.53 Å². The standard InChI is InChI=1S/C15H28N4O2/c1-14(2,3)21-13(20)19-9-6-7-15(11-16,12-19)17-8-10-18(4)5/h17H,6-10,12H2,1-5H3. The molecular formula is C15H28N4O2. The summed E-state index contributed by atoms with van der Waals surface area (Å²) in [5.41, 5.74) is -1.17. The maximum absolute atomic E-state index is 12.2. The molecule has 0 radical (unpaired) electrons. The maximum Gasteiger partial charge on any atom is 0.410 e. The number of hydrogen-bond acceptors (Lipinski definition) is 5. The molecular weight excluding hydrogens is 268 g/mol. The van der Waals surface area contributed by atoms with Crippen molar-refractivity contribution in [1.29, 1.82) is 5.26 Å². The van der Waals surface area contributed by atoms with E-state index in [-0.39, 0.29) is 6.09 Å². The summed E-state index contributed by atoms with van der Waals surface area (Å²) < 4.78 is 5.40. The molecule has 1 heterocycles. The molecule has 0 bridgehead atoms. The van der Waals surface area contributed by atoms with Gasteiger partial charge in [0.05, 0.1) is 12.6 Å². The lowest BCUT2D eigenvalue weighted by Gasteiger charge is -2.39. The van der Waals surface area contributed by atoms with Crippen LogP contribution in [0.3, 0.4) is 0 Å². The third-order valence-corrected chi connectivity index (χ3v) is 3.38. The highest BCUT2D eigenvalue weighted by Gasteiger charge is 2.38. The van der Waals surface area contributed by atoms with Gasteiger partial charge < -0.3 is 14.5 Å². The second kappa shape index (κ2) is 7.10. The first kappa shape index (κ1) is 17.7. The van der Waals surface area contributed by atoms with Crippen molar-refractivity contribution in [2.24, 2.45) is 0 Å². The molecule has 0 aliphatic carbocycles. The van der Waals surface area contributed by atoms with Gasteiger partial charge >= 0.3 is 6.09 Å². The normalized spacial score (nSPS) is 23.0. The number of carbonyl (C=O) groups is 1. The molecule has 1 amide bonds. The van der Waals surface area contributed by atoms with Gasteiger partial charge in [0, 0.05) is 19.6 Å². The van der Waals surface area contributed by atoms with Gasteiger partial charge in [-0.3, -0.25) is 5.32 Å². The number of carbonyl (C=O) groups excluding carboxylic acids is 1. The summed E-state index contributed by atoms with van der Waals surface area (Å²) in [5, 5.41) is 12.8. The summed E-state index contributed by atoms with van der Waals surface area (Å²) in [6.07, 6.45) is 1.23. The molecule has 1 N–H and O–H groups in total. The third kappa shape index (κ3) is 5.90. The Kier molecular flexibility index (Phi) is 5.99. The molecule has 0 spiro atoms. The third-order valence-electron chi connectivity index (χ3n) is 3.38. The number of rotatable bonds is 4. The summed E-state index contributed by atoms with van der Waals surface area (Å²) in [6, 6.07) is 2.36. The zero-order chi connectivity index (χ0) is 16.1. The van der Waals surface area contributed by atoms with Gasteiger partial charge in [-0.2, -0.15) is 5.26 Å². The topological polar surface area (TPSA) is 68.6 Å². The number of likely N-dealkylation sites (N-methyl/N-ethyl adjacent to an activating group) is 1. The summed E-state index contributed by atoms with van der Waals surface area (Å²) in [4.78, 5) is 15.9. The predicted octanol–water partition coefficient (Wildman–Crippen LogP) is 1.43. The average Bonchev–Trinajstić information content (AvgIpc) is 2.36. The van der Waals surface area contributed by atoms with Crippen LogP contribution in [0.1, 0.15) is 33.6 Å². The second-order valence-corrected chi connectivity index (χ2v) is 6.93. The van der Waals surface area contributed by atoms with Gasteiger partial charge in [0.25, 0.3) is 0 Å². The van der Waals surface area contributed by atoms with Gasteiger partial charge in [0.2, 0.25) is 0 Å². The van der Waals surface area contributed by atoms with E-state index in [2.05, 4.69) is 16.3 Å². The van der Waals surface area contributed by atoms with Crippen LogP contribution in [-0.4, -0.2) is 67.3 Å². The molecule has 120 valence electrons. The lowest BCUT2D eigenvalue weighted by molar-refractivity contribution is 0.0150. The van der Waals surface area contributed by atoms with E-state index < -0.39 is 11.1 Å². The van der Waals surface area contributed by atoms with E-state index in [0.29, 0.717) is 13.1 Å². The van der Waals surface area contributed by atoms with E-state index in [1.807, 2.05) is 34.9 Å². The Morgan fingerprint density at radius 2 is 2.14 bits per heavy atom. The number of nitrogens with one attached hydrogen (secondary N) is 1. The molecule has 1 saturated heterocycles. The molecule has 21 heavy (non-hydrogen) atoms. The van der Waals surface area contributed by atoms with Gasteiger partial charge in [-0.15, -0.1) is 0 Å². The molecule has 1 unspecified atom stereocenters. The summed E-state index contributed by atoms with van der Waals surface area (Å²) >= 11 is 0. The minimum Gasteiger partial charge on any atom is -0.444 e. The van der Waals surface area contributed by atoms with Crippen molar-refractivity contribution in [1.82, 2.24) is 15.1 Å². The fourth-order valence-electron chi connectivity index (χ4n) is 2.33. The minimum absolute atomic E-state index is 0.337. The van der Waals surface area contributed by atoms with E-state index in [1.54, 1.807) is 4.90 Å². The van der Waals surface area contributed by atoms with E-state index in [4.69, 9.17) is 4.74 Å². The zero-order valence-electron chi connectivity index (χ0n) is 13.9. The maximum atomic E-state index is 12.2. The number of nitriles is 1. The van der Waals surface area contributed by atoms with E-state index in [1.165, 1.54) is 0 Å². The van der Waals surface area contributed by atoms with E-state index in [9.17, 15) is 10.1 Å². The monoisotopic (exact) mass is 296 g/mol. The molecule has 1 rings (SSSR count). The van der Waals surface area contributed by atoms with Gasteiger partial charge in [-0.1, -0.05) is 0 Å². The van der Waals surface area contributed by atoms with Crippen molar-refractivity contribution in [3.63, 3.8) is 0 Å². The fourth-order valence-corrected chi connectivity index (χ4v) is 2.33. The summed E-state index contributed by atoms with van der Waals surface area (Å²) in [5.74, 6) is 0. The number of ether oxygens (including phenoxy) is 1. The molecule has 1 fully saturated rings. The SMILES string of the molecule is CN(C)CCNC1(C#N)CCCN(C(=O)OC(C)(C)C)C1. The van der Waals surface area contributed by atoms with Crippen LogP contribution in [0.25, 0.3) is 0 Å². The van der Waals surface area contributed by atoms with Crippen molar-refractivity contribution in [3.05, 3.63) is 0 Å². The van der Waals surface area contributed by atoms with Crippen LogP contribution >= 0.6 is 0 Å². The number of piperidine rings is 1. The number of nitrogens with zero attached hydrogens (tertiary/aromatic N) is 3. The molecule has 0 aromatic rings. The van der Waals surface area contributed by atoms with Crippen molar-refractivity contribution in [3.8, 4) is 6.07 Å². The molecule has 0 saturated carbocycles. The van der Waals surface area contributed by atoms with Crippen LogP contribution in [0, 0.1) is 11.3 Å². The van der Waals surface area contributed by atoms with Crippen LogP contribution in [0.2, 0.25) is 0 Å². The molecule has 6 nitrogen and oxygen atoms in total. The first-order valence-corrected chi connectivity index (χ1v) is 7.46. The van der Waals surface area contributed by atoms with Crippen molar-refractivity contribution in [2.45, 2.75) is 44.8 Å². The fraction of sp³-hybridized carbons (Fsp3) is 0.867. The number of amides is 1. The number of hydrogen-bond donors (Lipinski definition) is 1. The van der Waals surface area contributed by atoms with Gasteiger partial charge in [0.1, 0.15) is 11.1 Å². The molecule has 1 atom stereocenters. The molecule has 0 aromatic heterocycles. The Balaban J connectivity index is 2.63. The van der Waals surface area contributed by atoms with E-state index in [0.717, 1.165) is 25.9 Å². The van der Waals surface area contributed by atoms with Crippen LogP contribution in [0.4, 0.5) is 4.79 Å². The largest absolute Gasteiger partial charge is 0.444 e. The first-order valence-electron chi connectivity index (χ1n) is 7.46. The minimum atomic E-state index is -0.662. The number of likely N-dealkylation sites (tertiary alicyclic amines) is 1. The Morgan fingerprint density at radius 1 is 1.48 bits per heavy atom. The van der Waals surface area contributed by atoms with Crippen LogP contribution in [0.5, 0.6) is 0 Å². The molecule has 1 aliphatic heterocycles. The lowest BCUT2D eigenvalue weighted by atomic mass is 9.90. The smallest absolute Gasteiger partial charge is 0.410 e. The zero-order valence-corrected chi connectivity index (χ0v) is 13.9. The summed E-state index contributed by atoms with van der Waals surface area (Å²) in [7, 11) is 3.99. The Labute approximate surface area is 128 Å². The average molecular weight is 296 g/mol. The lowest BCUT2D eigenvalue weighted by Crippen LogP contribution is -2.58.